The number of hydrogen-bond donors (Lipinski definition) is 1. The summed E-state index contributed by atoms with van der Waals surface area (Å²) in [6.07, 6.45) is 0. The highest BCUT2D eigenvalue weighted by molar-refractivity contribution is 7.22. The molecule has 4 nitrogen and oxygen atoms in total. The Kier molecular flexibility index (Phi) is 4.60. The van der Waals surface area contributed by atoms with Gasteiger partial charge >= 0.3 is 0 Å². The number of thiophene rings is 1. The molecule has 0 saturated heterocycles. The van der Waals surface area contributed by atoms with E-state index in [-0.39, 0.29) is 5.75 Å². The highest BCUT2D eigenvalue weighted by Gasteiger charge is 2.17. The molecule has 0 unspecified atom stereocenters. The standard InChI is InChI=1S/C22H18O4S/c1-24-17-5-3-4-14(12-17)22-21(26-16-8-6-15(23)7-9-16)19-11-10-18(25-2)13-20(19)27-22/h3-13,23H,1-2H3. The van der Waals surface area contributed by atoms with Crippen molar-refractivity contribution in [3.63, 3.8) is 0 Å². The van der Waals surface area contributed by atoms with Gasteiger partial charge in [0.15, 0.2) is 5.75 Å². The molecule has 5 heteroatoms. The van der Waals surface area contributed by atoms with Gasteiger partial charge < -0.3 is 19.3 Å². The first-order valence-corrected chi connectivity index (χ1v) is 9.21. The van der Waals surface area contributed by atoms with E-state index in [9.17, 15) is 5.11 Å². The quantitative estimate of drug-likeness (QED) is 0.457. The van der Waals surface area contributed by atoms with Crippen LogP contribution >= 0.6 is 11.3 Å². The summed E-state index contributed by atoms with van der Waals surface area (Å²) in [4.78, 5) is 1.00. The number of phenolic OH excluding ortho intramolecular Hbond substituents is 1. The van der Waals surface area contributed by atoms with Gasteiger partial charge in [-0.1, -0.05) is 12.1 Å². The van der Waals surface area contributed by atoms with E-state index in [0.29, 0.717) is 5.75 Å². The maximum atomic E-state index is 9.52. The maximum absolute atomic E-state index is 9.52. The van der Waals surface area contributed by atoms with E-state index in [0.717, 1.165) is 37.8 Å². The summed E-state index contributed by atoms with van der Waals surface area (Å²) in [6, 6.07) is 20.6. The summed E-state index contributed by atoms with van der Waals surface area (Å²) < 4.78 is 18.0. The second kappa shape index (κ2) is 7.21. The fourth-order valence-electron chi connectivity index (χ4n) is 2.87. The van der Waals surface area contributed by atoms with Crippen molar-refractivity contribution >= 4 is 21.4 Å². The third-order valence-electron chi connectivity index (χ3n) is 4.24. The smallest absolute Gasteiger partial charge is 0.153 e. The van der Waals surface area contributed by atoms with E-state index in [1.165, 1.54) is 0 Å². The molecule has 0 saturated carbocycles. The highest BCUT2D eigenvalue weighted by Crippen LogP contribution is 2.47. The predicted octanol–water partition coefficient (Wildman–Crippen LogP) is 6.08. The maximum Gasteiger partial charge on any atom is 0.153 e. The van der Waals surface area contributed by atoms with Crippen LogP contribution in [0.5, 0.6) is 28.7 Å². The van der Waals surface area contributed by atoms with E-state index in [4.69, 9.17) is 14.2 Å². The first kappa shape index (κ1) is 17.2. The number of hydrogen-bond acceptors (Lipinski definition) is 5. The van der Waals surface area contributed by atoms with Gasteiger partial charge in [0.1, 0.15) is 23.0 Å². The van der Waals surface area contributed by atoms with Crippen LogP contribution in [0.2, 0.25) is 0 Å². The second-order valence-corrected chi connectivity index (χ2v) is 7.00. The Bertz CT molecular complexity index is 1080. The third-order valence-corrected chi connectivity index (χ3v) is 5.42. The van der Waals surface area contributed by atoms with Crippen LogP contribution in [-0.4, -0.2) is 19.3 Å². The minimum atomic E-state index is 0.204. The van der Waals surface area contributed by atoms with Crippen molar-refractivity contribution in [2.75, 3.05) is 14.2 Å². The molecule has 1 N–H and O–H groups in total. The minimum Gasteiger partial charge on any atom is -0.508 e. The Morgan fingerprint density at radius 3 is 2.22 bits per heavy atom. The molecule has 27 heavy (non-hydrogen) atoms. The molecule has 0 radical (unpaired) electrons. The molecule has 1 heterocycles. The van der Waals surface area contributed by atoms with Crippen LogP contribution in [0.25, 0.3) is 20.5 Å². The SMILES string of the molecule is COc1cccc(-c2sc3cc(OC)ccc3c2Oc2ccc(O)cc2)c1. The zero-order chi connectivity index (χ0) is 18.8. The van der Waals surface area contributed by atoms with Crippen molar-refractivity contribution in [3.05, 3.63) is 66.7 Å². The number of aromatic hydroxyl groups is 1. The van der Waals surface area contributed by atoms with Gasteiger partial charge in [-0.2, -0.15) is 0 Å². The summed E-state index contributed by atoms with van der Waals surface area (Å²) in [6.45, 7) is 0. The first-order valence-electron chi connectivity index (χ1n) is 8.40. The summed E-state index contributed by atoms with van der Waals surface area (Å²) in [7, 11) is 3.31. The van der Waals surface area contributed by atoms with Gasteiger partial charge in [0.25, 0.3) is 0 Å². The molecule has 4 rings (SSSR count). The molecule has 0 aliphatic carbocycles. The van der Waals surface area contributed by atoms with Crippen molar-refractivity contribution in [1.82, 2.24) is 0 Å². The van der Waals surface area contributed by atoms with Gasteiger partial charge in [0, 0.05) is 10.1 Å². The van der Waals surface area contributed by atoms with Gasteiger partial charge in [-0.25, -0.2) is 0 Å². The van der Waals surface area contributed by atoms with Crippen molar-refractivity contribution in [2.45, 2.75) is 0 Å². The Labute approximate surface area is 161 Å². The van der Waals surface area contributed by atoms with Crippen LogP contribution in [0, 0.1) is 0 Å². The van der Waals surface area contributed by atoms with Crippen molar-refractivity contribution in [3.8, 4) is 39.2 Å². The fraction of sp³-hybridized carbons (Fsp3) is 0.0909. The molecular formula is C22H18O4S. The third kappa shape index (κ3) is 3.41. The summed E-state index contributed by atoms with van der Waals surface area (Å²) in [5.41, 5.74) is 1.02. The number of fused-ring (bicyclic) bond motifs is 1. The van der Waals surface area contributed by atoms with Crippen LogP contribution in [0.1, 0.15) is 0 Å². The molecule has 0 amide bonds. The first-order chi connectivity index (χ1) is 13.2. The lowest BCUT2D eigenvalue weighted by Crippen LogP contribution is -1.87. The second-order valence-electron chi connectivity index (χ2n) is 5.95. The van der Waals surface area contributed by atoms with Gasteiger partial charge in [-0.15, -0.1) is 11.3 Å². The summed E-state index contributed by atoms with van der Waals surface area (Å²) in [5, 5.41) is 10.5. The fourth-order valence-corrected chi connectivity index (χ4v) is 4.02. The van der Waals surface area contributed by atoms with E-state index >= 15 is 0 Å². The molecule has 0 atom stereocenters. The Morgan fingerprint density at radius 2 is 1.48 bits per heavy atom. The molecule has 1 aromatic heterocycles. The molecule has 0 spiro atoms. The lowest BCUT2D eigenvalue weighted by Gasteiger charge is -2.09. The average Bonchev–Trinajstić information content (AvgIpc) is 3.07. The monoisotopic (exact) mass is 378 g/mol. The molecule has 0 aliphatic heterocycles. The lowest BCUT2D eigenvalue weighted by atomic mass is 10.1. The summed E-state index contributed by atoms with van der Waals surface area (Å²) >= 11 is 1.64. The number of benzene rings is 3. The zero-order valence-corrected chi connectivity index (χ0v) is 15.7. The van der Waals surface area contributed by atoms with Crippen LogP contribution in [0.4, 0.5) is 0 Å². The average molecular weight is 378 g/mol. The Hall–Kier alpha value is -3.18. The van der Waals surface area contributed by atoms with Crippen molar-refractivity contribution < 1.29 is 19.3 Å². The minimum absolute atomic E-state index is 0.204. The van der Waals surface area contributed by atoms with Crippen LogP contribution in [0.3, 0.4) is 0 Å². The van der Waals surface area contributed by atoms with Gasteiger partial charge in [-0.05, 0) is 60.2 Å². The lowest BCUT2D eigenvalue weighted by molar-refractivity contribution is 0.415. The number of rotatable bonds is 5. The molecule has 0 aliphatic rings. The Morgan fingerprint density at radius 1 is 0.778 bits per heavy atom. The van der Waals surface area contributed by atoms with Gasteiger partial charge in [-0.3, -0.25) is 0 Å². The number of ether oxygens (including phenoxy) is 3. The normalized spacial score (nSPS) is 10.7. The topological polar surface area (TPSA) is 47.9 Å². The molecule has 3 aromatic carbocycles. The molecular weight excluding hydrogens is 360 g/mol. The molecule has 0 fully saturated rings. The largest absolute Gasteiger partial charge is 0.508 e. The van der Waals surface area contributed by atoms with E-state index < -0.39 is 0 Å². The highest BCUT2D eigenvalue weighted by atomic mass is 32.1. The van der Waals surface area contributed by atoms with Gasteiger partial charge in [0.05, 0.1) is 19.1 Å². The molecule has 136 valence electrons. The number of methoxy groups -OCH3 is 2. The number of phenols is 1. The van der Waals surface area contributed by atoms with E-state index in [2.05, 4.69) is 0 Å². The Balaban J connectivity index is 1.88. The van der Waals surface area contributed by atoms with E-state index in [1.54, 1.807) is 49.8 Å². The van der Waals surface area contributed by atoms with Crippen LogP contribution < -0.4 is 14.2 Å². The van der Waals surface area contributed by atoms with E-state index in [1.807, 2.05) is 42.5 Å². The zero-order valence-electron chi connectivity index (χ0n) is 14.9. The molecule has 0 bridgehead atoms. The van der Waals surface area contributed by atoms with Crippen LogP contribution in [-0.2, 0) is 0 Å². The van der Waals surface area contributed by atoms with Crippen LogP contribution in [0.15, 0.2) is 66.7 Å². The van der Waals surface area contributed by atoms with Crippen molar-refractivity contribution in [1.29, 1.82) is 0 Å². The molecule has 4 aromatic rings. The summed E-state index contributed by atoms with van der Waals surface area (Å²) in [5.74, 6) is 3.23. The predicted molar refractivity (Wildman–Crippen MR) is 109 cm³/mol. The van der Waals surface area contributed by atoms with Crippen molar-refractivity contribution in [2.24, 2.45) is 0 Å². The van der Waals surface area contributed by atoms with Gasteiger partial charge in [0.2, 0.25) is 0 Å².